The van der Waals surface area contributed by atoms with Crippen LogP contribution in [0.25, 0.3) is 0 Å². The van der Waals surface area contributed by atoms with Crippen LogP contribution in [-0.4, -0.2) is 21.4 Å². The highest BCUT2D eigenvalue weighted by Crippen LogP contribution is 2.23. The van der Waals surface area contributed by atoms with E-state index >= 15 is 0 Å². The molecule has 2 heterocycles. The van der Waals surface area contributed by atoms with Crippen LogP contribution in [0.4, 0.5) is 20.4 Å². The van der Waals surface area contributed by atoms with Gasteiger partial charge in [-0.05, 0) is 29.8 Å². The van der Waals surface area contributed by atoms with Gasteiger partial charge in [0.15, 0.2) is 0 Å². The molecule has 146 valence electrons. The van der Waals surface area contributed by atoms with E-state index in [1.807, 2.05) is 18.2 Å². The molecular formula is C20H18Cl2F2N4. The largest absolute Gasteiger partial charge is 0.322 e. The van der Waals surface area contributed by atoms with Gasteiger partial charge in [-0.1, -0.05) is 23.7 Å². The molecule has 0 atom stereocenters. The zero-order valence-electron chi connectivity index (χ0n) is 14.8. The van der Waals surface area contributed by atoms with Gasteiger partial charge in [-0.25, -0.2) is 18.7 Å². The van der Waals surface area contributed by atoms with Gasteiger partial charge in [0.05, 0.1) is 11.4 Å². The zero-order chi connectivity index (χ0) is 18.8. The van der Waals surface area contributed by atoms with E-state index in [0.29, 0.717) is 5.95 Å². The zero-order valence-corrected chi connectivity index (χ0v) is 16.4. The van der Waals surface area contributed by atoms with Gasteiger partial charge in [0, 0.05) is 48.9 Å². The molecule has 0 fully saturated rings. The Labute approximate surface area is 173 Å². The highest BCUT2D eigenvalue weighted by Gasteiger charge is 2.19. The molecule has 0 spiro atoms. The third-order valence-electron chi connectivity index (χ3n) is 4.49. The van der Waals surface area contributed by atoms with Crippen LogP contribution in [0.3, 0.4) is 0 Å². The molecule has 2 aromatic carbocycles. The summed E-state index contributed by atoms with van der Waals surface area (Å²) in [6.45, 7) is 2.41. The summed E-state index contributed by atoms with van der Waals surface area (Å²) in [6, 6.07) is 11.2. The van der Waals surface area contributed by atoms with Gasteiger partial charge in [0.1, 0.15) is 11.6 Å². The first-order valence-corrected chi connectivity index (χ1v) is 8.98. The fraction of sp³-hybridized carbons (Fsp3) is 0.200. The SMILES string of the molecule is Cl.Fc1ccc(Nc2ncc3c(n2)CCN(Cc2cccc(Cl)c2)C3)c(F)c1. The molecule has 8 heteroatoms. The molecule has 1 N–H and O–H groups in total. The molecule has 0 unspecified atom stereocenters. The number of nitrogens with zero attached hydrogens (tertiary/aromatic N) is 3. The first-order valence-electron chi connectivity index (χ1n) is 8.60. The average Bonchev–Trinajstić information content (AvgIpc) is 2.64. The molecule has 0 saturated carbocycles. The van der Waals surface area contributed by atoms with E-state index in [4.69, 9.17) is 11.6 Å². The molecule has 0 aliphatic carbocycles. The molecule has 4 rings (SSSR count). The van der Waals surface area contributed by atoms with Crippen molar-refractivity contribution in [3.63, 3.8) is 0 Å². The predicted octanol–water partition coefficient (Wildman–Crippen LogP) is 5.13. The second-order valence-corrected chi connectivity index (χ2v) is 6.94. The highest BCUT2D eigenvalue weighted by molar-refractivity contribution is 6.30. The second-order valence-electron chi connectivity index (χ2n) is 6.51. The number of hydrogen-bond acceptors (Lipinski definition) is 4. The first-order chi connectivity index (χ1) is 13.1. The van der Waals surface area contributed by atoms with Gasteiger partial charge in [0.25, 0.3) is 0 Å². The third kappa shape index (κ3) is 4.76. The Morgan fingerprint density at radius 2 is 2.00 bits per heavy atom. The Bertz CT molecular complexity index is 984. The topological polar surface area (TPSA) is 41.1 Å². The Morgan fingerprint density at radius 1 is 1.14 bits per heavy atom. The van der Waals surface area contributed by atoms with Crippen LogP contribution in [0.1, 0.15) is 16.8 Å². The molecule has 0 radical (unpaired) electrons. The minimum Gasteiger partial charge on any atom is -0.322 e. The summed E-state index contributed by atoms with van der Waals surface area (Å²) >= 11 is 6.05. The number of aromatic nitrogens is 2. The van der Waals surface area contributed by atoms with E-state index in [1.54, 1.807) is 6.20 Å². The van der Waals surface area contributed by atoms with Crippen LogP contribution in [0.5, 0.6) is 0 Å². The summed E-state index contributed by atoms with van der Waals surface area (Å²) in [7, 11) is 0. The third-order valence-corrected chi connectivity index (χ3v) is 4.72. The van der Waals surface area contributed by atoms with Crippen molar-refractivity contribution >= 4 is 35.6 Å². The average molecular weight is 423 g/mol. The number of benzene rings is 2. The van der Waals surface area contributed by atoms with Crippen molar-refractivity contribution in [2.45, 2.75) is 19.5 Å². The van der Waals surface area contributed by atoms with Gasteiger partial charge < -0.3 is 5.32 Å². The van der Waals surface area contributed by atoms with Crippen molar-refractivity contribution in [2.24, 2.45) is 0 Å². The van der Waals surface area contributed by atoms with Crippen LogP contribution in [0.15, 0.2) is 48.7 Å². The van der Waals surface area contributed by atoms with Crippen molar-refractivity contribution < 1.29 is 8.78 Å². The number of fused-ring (bicyclic) bond motifs is 1. The maximum atomic E-state index is 13.8. The summed E-state index contributed by atoms with van der Waals surface area (Å²) in [5, 5.41) is 3.55. The van der Waals surface area contributed by atoms with E-state index in [-0.39, 0.29) is 18.1 Å². The minimum absolute atomic E-state index is 0. The maximum absolute atomic E-state index is 13.8. The number of nitrogens with one attached hydrogen (secondary N) is 1. The van der Waals surface area contributed by atoms with E-state index in [1.165, 1.54) is 12.1 Å². The summed E-state index contributed by atoms with van der Waals surface area (Å²) in [4.78, 5) is 11.1. The number of halogens is 4. The summed E-state index contributed by atoms with van der Waals surface area (Å²) in [6.07, 6.45) is 2.54. The van der Waals surface area contributed by atoms with Crippen LogP contribution in [0.2, 0.25) is 5.02 Å². The van der Waals surface area contributed by atoms with Gasteiger partial charge >= 0.3 is 0 Å². The van der Waals surface area contributed by atoms with E-state index < -0.39 is 11.6 Å². The molecule has 0 amide bonds. The number of rotatable bonds is 4. The summed E-state index contributed by atoms with van der Waals surface area (Å²) in [5.74, 6) is -0.990. The Morgan fingerprint density at radius 3 is 2.79 bits per heavy atom. The van der Waals surface area contributed by atoms with Crippen molar-refractivity contribution in [3.8, 4) is 0 Å². The van der Waals surface area contributed by atoms with E-state index in [9.17, 15) is 8.78 Å². The molecule has 0 bridgehead atoms. The molecule has 1 aliphatic heterocycles. The molecule has 0 saturated heterocycles. The molecule has 4 nitrogen and oxygen atoms in total. The van der Waals surface area contributed by atoms with Crippen LogP contribution in [0, 0.1) is 11.6 Å². The molecule has 1 aliphatic rings. The van der Waals surface area contributed by atoms with Crippen molar-refractivity contribution in [2.75, 3.05) is 11.9 Å². The van der Waals surface area contributed by atoms with Crippen molar-refractivity contribution in [3.05, 3.63) is 82.1 Å². The lowest BCUT2D eigenvalue weighted by Gasteiger charge is -2.28. The van der Waals surface area contributed by atoms with Gasteiger partial charge in [-0.15, -0.1) is 12.4 Å². The van der Waals surface area contributed by atoms with E-state index in [2.05, 4.69) is 26.3 Å². The smallest absolute Gasteiger partial charge is 0.227 e. The quantitative estimate of drug-likeness (QED) is 0.632. The fourth-order valence-corrected chi connectivity index (χ4v) is 3.39. The lowest BCUT2D eigenvalue weighted by molar-refractivity contribution is 0.243. The lowest BCUT2D eigenvalue weighted by Crippen LogP contribution is -2.31. The maximum Gasteiger partial charge on any atom is 0.227 e. The monoisotopic (exact) mass is 422 g/mol. The summed E-state index contributed by atoms with van der Waals surface area (Å²) in [5.41, 5.74) is 3.30. The number of hydrogen-bond donors (Lipinski definition) is 1. The molecule has 28 heavy (non-hydrogen) atoms. The Hall–Kier alpha value is -2.28. The predicted molar refractivity (Wildman–Crippen MR) is 108 cm³/mol. The Balaban J connectivity index is 0.00000225. The standard InChI is InChI=1S/C20H17ClF2N4.ClH/c21-15-3-1-2-13(8-15)11-27-7-6-18-14(12-27)10-24-20(25-18)26-19-5-4-16(22)9-17(19)23;/h1-5,8-10H,6-7,11-12H2,(H,24,25,26);1H. The highest BCUT2D eigenvalue weighted by atomic mass is 35.5. The van der Waals surface area contributed by atoms with Gasteiger partial charge in [0.2, 0.25) is 5.95 Å². The van der Waals surface area contributed by atoms with E-state index in [0.717, 1.165) is 54.0 Å². The first kappa shape index (κ1) is 20.5. The van der Waals surface area contributed by atoms with Gasteiger partial charge in [-0.3, -0.25) is 4.90 Å². The molecular weight excluding hydrogens is 405 g/mol. The van der Waals surface area contributed by atoms with Crippen molar-refractivity contribution in [1.29, 1.82) is 0 Å². The van der Waals surface area contributed by atoms with Crippen molar-refractivity contribution in [1.82, 2.24) is 14.9 Å². The van der Waals surface area contributed by atoms with Crippen LogP contribution in [-0.2, 0) is 19.5 Å². The second kappa shape index (κ2) is 8.82. The van der Waals surface area contributed by atoms with Crippen LogP contribution >= 0.6 is 24.0 Å². The molecule has 3 aromatic rings. The van der Waals surface area contributed by atoms with Gasteiger partial charge in [-0.2, -0.15) is 0 Å². The molecule has 1 aromatic heterocycles. The summed E-state index contributed by atoms with van der Waals surface area (Å²) < 4.78 is 26.8. The lowest BCUT2D eigenvalue weighted by atomic mass is 10.1. The number of anilines is 2. The van der Waals surface area contributed by atoms with Crippen LogP contribution < -0.4 is 5.32 Å². The Kier molecular flexibility index (Phi) is 6.44. The fourth-order valence-electron chi connectivity index (χ4n) is 3.17. The minimum atomic E-state index is -0.677. The normalized spacial score (nSPS) is 13.5.